The van der Waals surface area contributed by atoms with Crippen molar-refractivity contribution in [3.8, 4) is 0 Å². The topological polar surface area (TPSA) is 65.4 Å². The number of likely N-dealkylation sites (tertiary alicyclic amines) is 1. The number of hydrogen-bond acceptors (Lipinski definition) is 6. The summed E-state index contributed by atoms with van der Waals surface area (Å²) in [4.78, 5) is 15.6. The van der Waals surface area contributed by atoms with Crippen molar-refractivity contribution < 1.29 is 4.39 Å². The fraction of sp³-hybridized carbons (Fsp3) is 0.458. The minimum atomic E-state index is -0.302. The summed E-state index contributed by atoms with van der Waals surface area (Å²) in [6, 6.07) is 3.64. The van der Waals surface area contributed by atoms with Gasteiger partial charge < -0.3 is 15.5 Å². The number of piperidine rings is 1. The van der Waals surface area contributed by atoms with Crippen LogP contribution in [0.25, 0.3) is 0 Å². The zero-order valence-corrected chi connectivity index (χ0v) is 19.8. The number of rotatable bonds is 5. The molecule has 0 spiro atoms. The van der Waals surface area contributed by atoms with Gasteiger partial charge in [-0.3, -0.25) is 4.99 Å². The number of aliphatic imine (C=N–C) groups is 1. The number of aryl methyl sites for hydroxylation is 1. The first-order valence-electron chi connectivity index (χ1n) is 11.2. The molecule has 0 amide bonds. The van der Waals surface area contributed by atoms with Crippen molar-refractivity contribution in [3.05, 3.63) is 51.9 Å². The first kappa shape index (κ1) is 22.7. The largest absolute Gasteiger partial charge is 0.324 e. The van der Waals surface area contributed by atoms with E-state index in [4.69, 9.17) is 11.6 Å². The van der Waals surface area contributed by atoms with E-state index < -0.39 is 0 Å². The number of hydrogen-bond donors (Lipinski definition) is 2. The van der Waals surface area contributed by atoms with Crippen molar-refractivity contribution in [1.82, 2.24) is 14.9 Å². The summed E-state index contributed by atoms with van der Waals surface area (Å²) in [5.74, 6) is 1.49. The SMILES string of the molecule is CCN1CCC(c2cc(F)c(Nc3ncc(Cl)c(NC4=NC(C)C(C)=C4)n3)cc2C)CC1. The average molecular weight is 457 g/mol. The molecule has 1 saturated heterocycles. The quantitative estimate of drug-likeness (QED) is 0.606. The van der Waals surface area contributed by atoms with E-state index in [0.717, 1.165) is 49.2 Å². The lowest BCUT2D eigenvalue weighted by molar-refractivity contribution is 0.222. The molecule has 32 heavy (non-hydrogen) atoms. The molecule has 3 heterocycles. The number of aromatic nitrogens is 2. The van der Waals surface area contributed by atoms with Gasteiger partial charge in [-0.25, -0.2) is 9.37 Å². The van der Waals surface area contributed by atoms with E-state index in [1.165, 1.54) is 6.20 Å². The molecule has 1 unspecified atom stereocenters. The molecule has 0 aliphatic carbocycles. The molecule has 170 valence electrons. The lowest BCUT2D eigenvalue weighted by atomic mass is 9.86. The third-order valence-corrected chi connectivity index (χ3v) is 6.70. The Balaban J connectivity index is 1.51. The molecule has 2 aromatic rings. The number of amidine groups is 1. The molecule has 0 saturated carbocycles. The Kier molecular flexibility index (Phi) is 6.76. The number of benzene rings is 1. The van der Waals surface area contributed by atoms with Gasteiger partial charge in [0.1, 0.15) is 16.7 Å². The molecule has 0 radical (unpaired) electrons. The van der Waals surface area contributed by atoms with Gasteiger partial charge >= 0.3 is 0 Å². The third-order valence-electron chi connectivity index (χ3n) is 6.42. The lowest BCUT2D eigenvalue weighted by Gasteiger charge is -2.32. The van der Waals surface area contributed by atoms with Crippen LogP contribution in [0.2, 0.25) is 5.02 Å². The molecule has 4 rings (SSSR count). The minimum absolute atomic E-state index is 0.125. The monoisotopic (exact) mass is 456 g/mol. The number of nitrogens with zero attached hydrogens (tertiary/aromatic N) is 4. The molecule has 1 aromatic heterocycles. The molecule has 2 N–H and O–H groups in total. The maximum atomic E-state index is 15.0. The molecular formula is C24H30ClFN6. The molecule has 2 aliphatic heterocycles. The fourth-order valence-corrected chi connectivity index (χ4v) is 4.44. The van der Waals surface area contributed by atoms with Crippen molar-refractivity contribution in [1.29, 1.82) is 0 Å². The van der Waals surface area contributed by atoms with Crippen LogP contribution in [-0.4, -0.2) is 46.4 Å². The van der Waals surface area contributed by atoms with Crippen molar-refractivity contribution in [2.45, 2.75) is 52.5 Å². The third kappa shape index (κ3) is 4.94. The Hall–Kier alpha value is -2.51. The zero-order valence-electron chi connectivity index (χ0n) is 19.0. The second-order valence-electron chi connectivity index (χ2n) is 8.62. The van der Waals surface area contributed by atoms with E-state index in [-0.39, 0.29) is 17.8 Å². The van der Waals surface area contributed by atoms with Crippen LogP contribution < -0.4 is 10.6 Å². The van der Waals surface area contributed by atoms with E-state index in [9.17, 15) is 0 Å². The van der Waals surface area contributed by atoms with Crippen LogP contribution in [-0.2, 0) is 0 Å². The molecule has 8 heteroatoms. The summed E-state index contributed by atoms with van der Waals surface area (Å²) in [5, 5.41) is 6.52. The molecule has 1 aromatic carbocycles. The summed E-state index contributed by atoms with van der Waals surface area (Å²) in [5.41, 5.74) is 3.69. The van der Waals surface area contributed by atoms with Gasteiger partial charge in [-0.2, -0.15) is 4.98 Å². The van der Waals surface area contributed by atoms with Crippen LogP contribution >= 0.6 is 11.6 Å². The van der Waals surface area contributed by atoms with E-state index in [0.29, 0.717) is 28.3 Å². The van der Waals surface area contributed by atoms with E-state index >= 15 is 4.39 Å². The summed E-state index contributed by atoms with van der Waals surface area (Å²) in [6.07, 6.45) is 5.58. The Morgan fingerprint density at radius 2 is 1.94 bits per heavy atom. The first-order chi connectivity index (χ1) is 15.3. The zero-order chi connectivity index (χ0) is 22.8. The van der Waals surface area contributed by atoms with Crippen molar-refractivity contribution in [2.75, 3.05) is 30.3 Å². The van der Waals surface area contributed by atoms with Gasteiger partial charge in [-0.1, -0.05) is 18.5 Å². The standard InChI is InChI=1S/C24H30ClFN6/c1-5-32-8-6-17(7-9-32)18-12-20(26)21(10-15(18)3)29-24-27-13-19(25)23(31-24)30-22-11-14(2)16(4)28-22/h10-13,16-17H,5-9H2,1-4H3,(H2,27,28,29,30,31). The number of halogens is 2. The molecule has 1 fully saturated rings. The second kappa shape index (κ2) is 9.55. The summed E-state index contributed by atoms with van der Waals surface area (Å²) in [6.45, 7) is 11.5. The van der Waals surface area contributed by atoms with Crippen LogP contribution in [0.1, 0.15) is 50.7 Å². The van der Waals surface area contributed by atoms with Crippen LogP contribution in [0.5, 0.6) is 0 Å². The Morgan fingerprint density at radius 1 is 1.19 bits per heavy atom. The van der Waals surface area contributed by atoms with Crippen molar-refractivity contribution >= 4 is 34.9 Å². The summed E-state index contributed by atoms with van der Waals surface area (Å²) >= 11 is 6.27. The second-order valence-corrected chi connectivity index (χ2v) is 9.02. The van der Waals surface area contributed by atoms with E-state index in [2.05, 4.69) is 37.4 Å². The maximum Gasteiger partial charge on any atom is 0.229 e. The highest BCUT2D eigenvalue weighted by Crippen LogP contribution is 2.33. The normalized spacial score (nSPS) is 19.6. The van der Waals surface area contributed by atoms with Gasteiger partial charge in [0, 0.05) is 0 Å². The van der Waals surface area contributed by atoms with Crippen molar-refractivity contribution in [3.63, 3.8) is 0 Å². The fourth-order valence-electron chi connectivity index (χ4n) is 4.30. The predicted molar refractivity (Wildman–Crippen MR) is 130 cm³/mol. The molecular weight excluding hydrogens is 427 g/mol. The minimum Gasteiger partial charge on any atom is -0.324 e. The Labute approximate surface area is 194 Å². The first-order valence-corrected chi connectivity index (χ1v) is 11.6. The highest BCUT2D eigenvalue weighted by Gasteiger charge is 2.22. The summed E-state index contributed by atoms with van der Waals surface area (Å²) in [7, 11) is 0. The number of anilines is 3. The van der Waals surface area contributed by atoms with Gasteiger partial charge in [0.15, 0.2) is 5.82 Å². The molecule has 6 nitrogen and oxygen atoms in total. The maximum absolute atomic E-state index is 15.0. The smallest absolute Gasteiger partial charge is 0.229 e. The predicted octanol–water partition coefficient (Wildman–Crippen LogP) is 5.68. The molecule has 0 bridgehead atoms. The lowest BCUT2D eigenvalue weighted by Crippen LogP contribution is -2.32. The highest BCUT2D eigenvalue weighted by atomic mass is 35.5. The van der Waals surface area contributed by atoms with Gasteiger partial charge in [-0.05, 0) is 94.1 Å². The Morgan fingerprint density at radius 3 is 2.59 bits per heavy atom. The molecule has 2 aliphatic rings. The van der Waals surface area contributed by atoms with E-state index in [1.807, 2.05) is 32.9 Å². The van der Waals surface area contributed by atoms with Gasteiger partial charge in [0.05, 0.1) is 17.9 Å². The van der Waals surface area contributed by atoms with Gasteiger partial charge in [0.25, 0.3) is 0 Å². The van der Waals surface area contributed by atoms with Crippen LogP contribution in [0, 0.1) is 12.7 Å². The summed E-state index contributed by atoms with van der Waals surface area (Å²) < 4.78 is 15.0. The Bertz CT molecular complexity index is 1060. The average Bonchev–Trinajstić information content (AvgIpc) is 3.09. The van der Waals surface area contributed by atoms with Crippen LogP contribution in [0.3, 0.4) is 0 Å². The highest BCUT2D eigenvalue weighted by molar-refractivity contribution is 6.33. The van der Waals surface area contributed by atoms with Crippen molar-refractivity contribution in [2.24, 2.45) is 4.99 Å². The van der Waals surface area contributed by atoms with Gasteiger partial charge in [-0.15, -0.1) is 0 Å². The van der Waals surface area contributed by atoms with Crippen LogP contribution in [0.4, 0.5) is 21.8 Å². The molecule has 1 atom stereocenters. The number of nitrogens with one attached hydrogen (secondary N) is 2. The van der Waals surface area contributed by atoms with E-state index in [1.54, 1.807) is 6.07 Å². The van der Waals surface area contributed by atoms with Crippen LogP contribution in [0.15, 0.2) is 35.0 Å². The van der Waals surface area contributed by atoms with Gasteiger partial charge in [0.2, 0.25) is 5.95 Å².